The molecule has 0 saturated carbocycles. The standard InChI is InChI=1S/C9H15N5O/c1-3-11-8-6(2)9(14-5-13-8)12-4-7(10)15/h5H,3-4H2,1-2H3,(H2,10,15)(H2,11,12,13,14). The number of primary amides is 1. The molecule has 0 aromatic carbocycles. The van der Waals surface area contributed by atoms with Gasteiger partial charge < -0.3 is 16.4 Å². The molecule has 0 aliphatic heterocycles. The zero-order valence-corrected chi connectivity index (χ0v) is 8.87. The van der Waals surface area contributed by atoms with E-state index in [1.165, 1.54) is 6.33 Å². The first-order valence-corrected chi connectivity index (χ1v) is 4.72. The van der Waals surface area contributed by atoms with Crippen molar-refractivity contribution < 1.29 is 4.79 Å². The van der Waals surface area contributed by atoms with Gasteiger partial charge in [-0.1, -0.05) is 0 Å². The molecule has 0 aliphatic carbocycles. The van der Waals surface area contributed by atoms with Crippen LogP contribution in [0, 0.1) is 6.92 Å². The summed E-state index contributed by atoms with van der Waals surface area (Å²) in [6, 6.07) is 0. The lowest BCUT2D eigenvalue weighted by Crippen LogP contribution is -2.22. The summed E-state index contributed by atoms with van der Waals surface area (Å²) in [5.41, 5.74) is 5.90. The Morgan fingerprint density at radius 3 is 2.53 bits per heavy atom. The topological polar surface area (TPSA) is 92.9 Å². The molecule has 1 aromatic heterocycles. The van der Waals surface area contributed by atoms with Gasteiger partial charge in [-0.15, -0.1) is 0 Å². The molecule has 1 aromatic rings. The van der Waals surface area contributed by atoms with Crippen molar-refractivity contribution in [2.75, 3.05) is 23.7 Å². The summed E-state index contributed by atoms with van der Waals surface area (Å²) in [6.07, 6.45) is 1.44. The molecule has 1 rings (SSSR count). The summed E-state index contributed by atoms with van der Waals surface area (Å²) in [6.45, 7) is 4.72. The lowest BCUT2D eigenvalue weighted by Gasteiger charge is -2.10. The first kappa shape index (κ1) is 11.2. The number of anilines is 2. The van der Waals surface area contributed by atoms with Crippen LogP contribution in [0.25, 0.3) is 0 Å². The monoisotopic (exact) mass is 209 g/mol. The zero-order valence-electron chi connectivity index (χ0n) is 8.87. The number of aromatic nitrogens is 2. The van der Waals surface area contributed by atoms with Crippen LogP contribution in [0.1, 0.15) is 12.5 Å². The summed E-state index contributed by atoms with van der Waals surface area (Å²) in [5.74, 6) is 0.970. The Kier molecular flexibility index (Phi) is 3.84. The highest BCUT2D eigenvalue weighted by atomic mass is 16.1. The number of hydrogen-bond acceptors (Lipinski definition) is 5. The summed E-state index contributed by atoms with van der Waals surface area (Å²) < 4.78 is 0. The molecule has 0 saturated heterocycles. The average Bonchev–Trinajstić information content (AvgIpc) is 2.19. The minimum atomic E-state index is -0.419. The van der Waals surface area contributed by atoms with E-state index in [4.69, 9.17) is 5.73 Å². The molecular formula is C9H15N5O. The fourth-order valence-electron chi connectivity index (χ4n) is 1.14. The van der Waals surface area contributed by atoms with Gasteiger partial charge in [-0.3, -0.25) is 4.79 Å². The van der Waals surface area contributed by atoms with Crippen LogP contribution >= 0.6 is 0 Å². The number of rotatable bonds is 5. The molecule has 6 nitrogen and oxygen atoms in total. The zero-order chi connectivity index (χ0) is 11.3. The predicted octanol–water partition coefficient (Wildman–Crippen LogP) is 0.114. The molecule has 6 heteroatoms. The van der Waals surface area contributed by atoms with Gasteiger partial charge in [0.25, 0.3) is 0 Å². The normalized spacial score (nSPS) is 9.73. The molecule has 15 heavy (non-hydrogen) atoms. The smallest absolute Gasteiger partial charge is 0.236 e. The maximum Gasteiger partial charge on any atom is 0.236 e. The second-order valence-corrected chi connectivity index (χ2v) is 3.05. The Balaban J connectivity index is 2.79. The van der Waals surface area contributed by atoms with Crippen LogP contribution in [0.2, 0.25) is 0 Å². The molecule has 1 heterocycles. The van der Waals surface area contributed by atoms with Crippen LogP contribution in [0.5, 0.6) is 0 Å². The van der Waals surface area contributed by atoms with Gasteiger partial charge in [0.2, 0.25) is 5.91 Å². The van der Waals surface area contributed by atoms with Gasteiger partial charge in [-0.25, -0.2) is 9.97 Å². The number of nitrogens with two attached hydrogens (primary N) is 1. The van der Waals surface area contributed by atoms with E-state index < -0.39 is 5.91 Å². The molecule has 0 unspecified atom stereocenters. The van der Waals surface area contributed by atoms with Crippen molar-refractivity contribution in [3.63, 3.8) is 0 Å². The molecule has 0 radical (unpaired) electrons. The van der Waals surface area contributed by atoms with Crippen molar-refractivity contribution in [2.45, 2.75) is 13.8 Å². The second-order valence-electron chi connectivity index (χ2n) is 3.05. The van der Waals surface area contributed by atoms with Gasteiger partial charge in [0.1, 0.15) is 18.0 Å². The Morgan fingerprint density at radius 1 is 1.40 bits per heavy atom. The van der Waals surface area contributed by atoms with Crippen molar-refractivity contribution >= 4 is 17.5 Å². The number of hydrogen-bond donors (Lipinski definition) is 3. The van der Waals surface area contributed by atoms with Crippen LogP contribution in [0.15, 0.2) is 6.33 Å². The van der Waals surface area contributed by atoms with Gasteiger partial charge >= 0.3 is 0 Å². The largest absolute Gasteiger partial charge is 0.370 e. The van der Waals surface area contributed by atoms with Crippen LogP contribution in [-0.4, -0.2) is 29.0 Å². The van der Waals surface area contributed by atoms with Crippen LogP contribution in [0.4, 0.5) is 11.6 Å². The molecule has 0 aliphatic rings. The Bertz CT molecular complexity index is 352. The molecule has 82 valence electrons. The number of nitrogens with zero attached hydrogens (tertiary/aromatic N) is 2. The third-order valence-electron chi connectivity index (χ3n) is 1.86. The van der Waals surface area contributed by atoms with E-state index in [1.807, 2.05) is 13.8 Å². The van der Waals surface area contributed by atoms with Crippen molar-refractivity contribution in [3.05, 3.63) is 11.9 Å². The molecule has 1 amide bonds. The number of nitrogens with one attached hydrogen (secondary N) is 2. The summed E-state index contributed by atoms with van der Waals surface area (Å²) in [5, 5.41) is 5.94. The molecule has 0 fully saturated rings. The van der Waals surface area contributed by atoms with Gasteiger partial charge in [-0.2, -0.15) is 0 Å². The van der Waals surface area contributed by atoms with Crippen LogP contribution in [-0.2, 0) is 4.79 Å². The highest BCUT2D eigenvalue weighted by Gasteiger charge is 2.05. The van der Waals surface area contributed by atoms with Crippen molar-refractivity contribution in [1.82, 2.24) is 9.97 Å². The van der Waals surface area contributed by atoms with E-state index in [2.05, 4.69) is 20.6 Å². The highest BCUT2D eigenvalue weighted by molar-refractivity contribution is 5.79. The SMILES string of the molecule is CCNc1ncnc(NCC(N)=O)c1C. The van der Waals surface area contributed by atoms with Gasteiger partial charge in [-0.05, 0) is 13.8 Å². The number of amides is 1. The molecular weight excluding hydrogens is 194 g/mol. The molecule has 4 N–H and O–H groups in total. The minimum Gasteiger partial charge on any atom is -0.370 e. The summed E-state index contributed by atoms with van der Waals surface area (Å²) >= 11 is 0. The van der Waals surface area contributed by atoms with Crippen LogP contribution in [0.3, 0.4) is 0 Å². The van der Waals surface area contributed by atoms with E-state index >= 15 is 0 Å². The van der Waals surface area contributed by atoms with E-state index in [9.17, 15) is 4.79 Å². The quantitative estimate of drug-likeness (QED) is 0.640. The van der Waals surface area contributed by atoms with E-state index in [1.54, 1.807) is 0 Å². The maximum atomic E-state index is 10.6. The summed E-state index contributed by atoms with van der Waals surface area (Å²) in [4.78, 5) is 18.7. The van der Waals surface area contributed by atoms with Crippen molar-refractivity contribution in [1.29, 1.82) is 0 Å². The fourth-order valence-corrected chi connectivity index (χ4v) is 1.14. The number of carbonyl (C=O) groups is 1. The van der Waals surface area contributed by atoms with Gasteiger partial charge in [0.15, 0.2) is 0 Å². The second kappa shape index (κ2) is 5.14. The van der Waals surface area contributed by atoms with Crippen molar-refractivity contribution in [3.8, 4) is 0 Å². The maximum absolute atomic E-state index is 10.6. The van der Waals surface area contributed by atoms with Gasteiger partial charge in [0, 0.05) is 12.1 Å². The highest BCUT2D eigenvalue weighted by Crippen LogP contribution is 2.17. The third kappa shape index (κ3) is 3.08. The van der Waals surface area contributed by atoms with Gasteiger partial charge in [0.05, 0.1) is 6.54 Å². The van der Waals surface area contributed by atoms with E-state index in [0.29, 0.717) is 5.82 Å². The Labute approximate surface area is 88.3 Å². The first-order chi connectivity index (χ1) is 7.15. The Hall–Kier alpha value is -1.85. The van der Waals surface area contributed by atoms with E-state index in [-0.39, 0.29) is 6.54 Å². The Morgan fingerprint density at radius 2 is 2.00 bits per heavy atom. The summed E-state index contributed by atoms with van der Waals surface area (Å²) in [7, 11) is 0. The average molecular weight is 209 g/mol. The molecule has 0 spiro atoms. The lowest BCUT2D eigenvalue weighted by atomic mass is 10.3. The van der Waals surface area contributed by atoms with Crippen LogP contribution < -0.4 is 16.4 Å². The predicted molar refractivity (Wildman–Crippen MR) is 58.6 cm³/mol. The third-order valence-corrected chi connectivity index (χ3v) is 1.86. The fraction of sp³-hybridized carbons (Fsp3) is 0.444. The van der Waals surface area contributed by atoms with E-state index in [0.717, 1.165) is 17.9 Å². The molecule has 0 bridgehead atoms. The number of carbonyl (C=O) groups excluding carboxylic acids is 1. The minimum absolute atomic E-state index is 0.0728. The molecule has 0 atom stereocenters. The lowest BCUT2D eigenvalue weighted by molar-refractivity contribution is -0.116. The van der Waals surface area contributed by atoms with Crippen molar-refractivity contribution in [2.24, 2.45) is 5.73 Å². The first-order valence-electron chi connectivity index (χ1n) is 4.72.